The van der Waals surface area contributed by atoms with E-state index in [0.29, 0.717) is 16.4 Å². The first-order valence-electron chi connectivity index (χ1n) is 6.61. The fourth-order valence-electron chi connectivity index (χ4n) is 1.73. The molecule has 2 aromatic rings. The maximum absolute atomic E-state index is 12.1. The summed E-state index contributed by atoms with van der Waals surface area (Å²) >= 11 is 5.81. The summed E-state index contributed by atoms with van der Waals surface area (Å²) in [6.45, 7) is 3.05. The van der Waals surface area contributed by atoms with Crippen LogP contribution < -0.4 is 10.9 Å². The summed E-state index contributed by atoms with van der Waals surface area (Å²) in [4.78, 5) is 30.7. The second-order valence-electron chi connectivity index (χ2n) is 5.48. The molecule has 22 heavy (non-hydrogen) atoms. The fourth-order valence-corrected chi connectivity index (χ4v) is 1.85. The number of nitrogens with one attached hydrogen (secondary N) is 2. The maximum Gasteiger partial charge on any atom is 0.264 e. The molecule has 7 heteroatoms. The Labute approximate surface area is 132 Å². The van der Waals surface area contributed by atoms with Gasteiger partial charge in [-0.05, 0) is 38.1 Å². The lowest BCUT2D eigenvalue weighted by Gasteiger charge is -2.23. The average Bonchev–Trinajstić information content (AvgIpc) is 2.47. The summed E-state index contributed by atoms with van der Waals surface area (Å²) in [6.07, 6.45) is 1.21. The minimum absolute atomic E-state index is 0.112. The summed E-state index contributed by atoms with van der Waals surface area (Å²) < 4.78 is 0. The Bertz CT molecular complexity index is 738. The number of H-pyrrole nitrogens is 1. The molecule has 0 radical (unpaired) electrons. The van der Waals surface area contributed by atoms with Gasteiger partial charge >= 0.3 is 0 Å². The Morgan fingerprint density at radius 1 is 1.36 bits per heavy atom. The molecule has 0 unspecified atom stereocenters. The molecule has 0 aliphatic heterocycles. The Kier molecular flexibility index (Phi) is 4.63. The first-order chi connectivity index (χ1) is 10.3. The molecule has 0 aliphatic rings. The van der Waals surface area contributed by atoms with Crippen LogP contribution in [0, 0.1) is 0 Å². The predicted octanol–water partition coefficient (Wildman–Crippen LogP) is 1.59. The van der Waals surface area contributed by atoms with E-state index in [9.17, 15) is 9.59 Å². The van der Waals surface area contributed by atoms with Crippen molar-refractivity contribution in [1.29, 1.82) is 0 Å². The number of aromatic nitrogens is 2. The van der Waals surface area contributed by atoms with Crippen molar-refractivity contribution < 1.29 is 9.90 Å². The SMILES string of the molecule is CC(C)(CO)NC(=O)c1cnc(-c2ccc(Cl)cc2)[nH]c1=O. The highest BCUT2D eigenvalue weighted by atomic mass is 35.5. The average molecular weight is 322 g/mol. The standard InChI is InChI=1S/C15H16ClN3O3/c1-15(2,8-20)19-14(22)11-7-17-12(18-13(11)21)9-3-5-10(16)6-4-9/h3-7,20H,8H2,1-2H3,(H,19,22)(H,17,18,21). The summed E-state index contributed by atoms with van der Waals surface area (Å²) in [7, 11) is 0. The quantitative estimate of drug-likeness (QED) is 0.797. The number of nitrogens with zero attached hydrogens (tertiary/aromatic N) is 1. The highest BCUT2D eigenvalue weighted by molar-refractivity contribution is 6.30. The number of carbonyl (C=O) groups is 1. The molecule has 0 atom stereocenters. The molecule has 1 aromatic heterocycles. The van der Waals surface area contributed by atoms with Crippen molar-refractivity contribution in [2.45, 2.75) is 19.4 Å². The van der Waals surface area contributed by atoms with Gasteiger partial charge in [0.1, 0.15) is 11.4 Å². The molecule has 0 aliphatic carbocycles. The minimum atomic E-state index is -0.821. The van der Waals surface area contributed by atoms with E-state index in [2.05, 4.69) is 15.3 Å². The van der Waals surface area contributed by atoms with Crippen LogP contribution >= 0.6 is 11.6 Å². The van der Waals surface area contributed by atoms with Crippen molar-refractivity contribution in [3.8, 4) is 11.4 Å². The number of hydrogen-bond donors (Lipinski definition) is 3. The lowest BCUT2D eigenvalue weighted by molar-refractivity contribution is 0.0867. The zero-order chi connectivity index (χ0) is 16.3. The predicted molar refractivity (Wildman–Crippen MR) is 83.9 cm³/mol. The number of hydrogen-bond acceptors (Lipinski definition) is 4. The highest BCUT2D eigenvalue weighted by Crippen LogP contribution is 2.16. The molecular formula is C15H16ClN3O3. The third-order valence-corrected chi connectivity index (χ3v) is 3.26. The molecule has 3 N–H and O–H groups in total. The van der Waals surface area contributed by atoms with Crippen LogP contribution in [0.3, 0.4) is 0 Å². The molecule has 0 bridgehead atoms. The smallest absolute Gasteiger partial charge is 0.264 e. The number of carbonyl (C=O) groups excluding carboxylic acids is 1. The third-order valence-electron chi connectivity index (χ3n) is 3.01. The zero-order valence-electron chi connectivity index (χ0n) is 12.2. The summed E-state index contributed by atoms with van der Waals surface area (Å²) in [5.41, 5.74) is -0.798. The van der Waals surface area contributed by atoms with Crippen LogP contribution in [0.1, 0.15) is 24.2 Å². The largest absolute Gasteiger partial charge is 0.394 e. The normalized spacial score (nSPS) is 11.3. The fraction of sp³-hybridized carbons (Fsp3) is 0.267. The van der Waals surface area contributed by atoms with Crippen LogP contribution in [0.25, 0.3) is 11.4 Å². The van der Waals surface area contributed by atoms with Crippen molar-refractivity contribution in [2.75, 3.05) is 6.61 Å². The molecule has 0 fully saturated rings. The summed E-state index contributed by atoms with van der Waals surface area (Å²) in [5.74, 6) is -0.241. The topological polar surface area (TPSA) is 95.1 Å². The van der Waals surface area contributed by atoms with Gasteiger partial charge in [-0.15, -0.1) is 0 Å². The molecule has 6 nitrogen and oxygen atoms in total. The first-order valence-corrected chi connectivity index (χ1v) is 6.99. The van der Waals surface area contributed by atoms with E-state index in [1.807, 2.05) is 0 Å². The van der Waals surface area contributed by atoms with Crippen LogP contribution in [-0.4, -0.2) is 33.1 Å². The van der Waals surface area contributed by atoms with Gasteiger partial charge in [0.25, 0.3) is 11.5 Å². The van der Waals surface area contributed by atoms with Gasteiger partial charge in [0, 0.05) is 16.8 Å². The third kappa shape index (κ3) is 3.72. The molecule has 2 rings (SSSR count). The number of aliphatic hydroxyl groups excluding tert-OH is 1. The van der Waals surface area contributed by atoms with Gasteiger partial charge < -0.3 is 15.4 Å². The number of amides is 1. The number of aromatic amines is 1. The van der Waals surface area contributed by atoms with Gasteiger partial charge in [-0.2, -0.15) is 0 Å². The lowest BCUT2D eigenvalue weighted by Crippen LogP contribution is -2.47. The van der Waals surface area contributed by atoms with Gasteiger partial charge in [-0.1, -0.05) is 11.6 Å². The maximum atomic E-state index is 12.1. The second-order valence-corrected chi connectivity index (χ2v) is 5.91. The van der Waals surface area contributed by atoms with Crippen LogP contribution in [0.5, 0.6) is 0 Å². The molecular weight excluding hydrogens is 306 g/mol. The van der Waals surface area contributed by atoms with Gasteiger partial charge in [-0.25, -0.2) is 4.98 Å². The molecule has 116 valence electrons. The van der Waals surface area contributed by atoms with Gasteiger partial charge in [0.05, 0.1) is 12.1 Å². The molecule has 0 saturated heterocycles. The molecule has 1 aromatic carbocycles. The van der Waals surface area contributed by atoms with Gasteiger partial charge in [0.15, 0.2) is 0 Å². The number of rotatable bonds is 4. The Balaban J connectivity index is 2.29. The number of halogens is 1. The molecule has 0 spiro atoms. The molecule has 0 saturated carbocycles. The minimum Gasteiger partial charge on any atom is -0.394 e. The molecule has 1 heterocycles. The zero-order valence-corrected chi connectivity index (χ0v) is 12.9. The second kappa shape index (κ2) is 6.29. The van der Waals surface area contributed by atoms with E-state index >= 15 is 0 Å². The Hall–Kier alpha value is -2.18. The van der Waals surface area contributed by atoms with Crippen LogP contribution in [-0.2, 0) is 0 Å². The summed E-state index contributed by atoms with van der Waals surface area (Å²) in [6, 6.07) is 6.80. The van der Waals surface area contributed by atoms with E-state index < -0.39 is 17.0 Å². The van der Waals surface area contributed by atoms with Crippen molar-refractivity contribution in [3.05, 3.63) is 51.4 Å². The van der Waals surface area contributed by atoms with E-state index in [0.717, 1.165) is 0 Å². The van der Waals surface area contributed by atoms with Crippen LogP contribution in [0.4, 0.5) is 0 Å². The highest BCUT2D eigenvalue weighted by Gasteiger charge is 2.22. The summed E-state index contributed by atoms with van der Waals surface area (Å²) in [5, 5.41) is 12.3. The van der Waals surface area contributed by atoms with Crippen molar-refractivity contribution >= 4 is 17.5 Å². The van der Waals surface area contributed by atoms with Crippen molar-refractivity contribution in [3.63, 3.8) is 0 Å². The Morgan fingerprint density at radius 2 is 2.00 bits per heavy atom. The number of aliphatic hydroxyl groups is 1. The van der Waals surface area contributed by atoms with Crippen LogP contribution in [0.15, 0.2) is 35.3 Å². The van der Waals surface area contributed by atoms with E-state index in [-0.39, 0.29) is 12.2 Å². The van der Waals surface area contributed by atoms with Gasteiger partial charge in [-0.3, -0.25) is 9.59 Å². The van der Waals surface area contributed by atoms with E-state index in [4.69, 9.17) is 16.7 Å². The van der Waals surface area contributed by atoms with E-state index in [1.54, 1.807) is 38.1 Å². The molecule has 1 amide bonds. The van der Waals surface area contributed by atoms with Crippen molar-refractivity contribution in [2.24, 2.45) is 0 Å². The van der Waals surface area contributed by atoms with Crippen molar-refractivity contribution in [1.82, 2.24) is 15.3 Å². The lowest BCUT2D eigenvalue weighted by atomic mass is 10.1. The van der Waals surface area contributed by atoms with Gasteiger partial charge in [0.2, 0.25) is 0 Å². The monoisotopic (exact) mass is 321 g/mol. The van der Waals surface area contributed by atoms with E-state index in [1.165, 1.54) is 6.20 Å². The first kappa shape index (κ1) is 16.2. The Morgan fingerprint density at radius 3 is 2.55 bits per heavy atom. The number of benzene rings is 1. The van der Waals surface area contributed by atoms with Crippen LogP contribution in [0.2, 0.25) is 5.02 Å².